The summed E-state index contributed by atoms with van der Waals surface area (Å²) in [5.74, 6) is 0.673. The highest BCUT2D eigenvalue weighted by molar-refractivity contribution is 5.90. The van der Waals surface area contributed by atoms with Gasteiger partial charge in [0.2, 0.25) is 11.9 Å². The van der Waals surface area contributed by atoms with E-state index in [0.29, 0.717) is 18.4 Å². The lowest BCUT2D eigenvalue weighted by atomic mass is 10.0. The van der Waals surface area contributed by atoms with Crippen molar-refractivity contribution < 1.29 is 4.79 Å². The Hall–Kier alpha value is -1.53. The third kappa shape index (κ3) is 6.26. The molecular formula is C13H23N5O. The third-order valence-corrected chi connectivity index (χ3v) is 2.93. The van der Waals surface area contributed by atoms with E-state index in [1.807, 2.05) is 11.9 Å². The zero-order chi connectivity index (χ0) is 14.3. The minimum absolute atomic E-state index is 0.119. The van der Waals surface area contributed by atoms with Gasteiger partial charge in [0.25, 0.3) is 0 Å². The molecule has 1 unspecified atom stereocenters. The van der Waals surface area contributed by atoms with Crippen LogP contribution in [0.5, 0.6) is 0 Å². The molecular weight excluding hydrogens is 242 g/mol. The van der Waals surface area contributed by atoms with Gasteiger partial charge < -0.3 is 5.73 Å². The van der Waals surface area contributed by atoms with Gasteiger partial charge in [-0.3, -0.25) is 15.0 Å². The van der Waals surface area contributed by atoms with Gasteiger partial charge in [-0.1, -0.05) is 13.8 Å². The van der Waals surface area contributed by atoms with E-state index in [1.165, 1.54) is 0 Å². The fraction of sp³-hybridized carbons (Fsp3) is 0.615. The van der Waals surface area contributed by atoms with Crippen LogP contribution in [0.15, 0.2) is 18.5 Å². The lowest BCUT2D eigenvalue weighted by Crippen LogP contribution is -2.35. The molecule has 19 heavy (non-hydrogen) atoms. The fourth-order valence-electron chi connectivity index (χ4n) is 1.55. The summed E-state index contributed by atoms with van der Waals surface area (Å²) in [4.78, 5) is 21.6. The summed E-state index contributed by atoms with van der Waals surface area (Å²) in [6.45, 7) is 5.31. The molecule has 0 spiro atoms. The molecule has 3 N–H and O–H groups in total. The average molecular weight is 265 g/mol. The van der Waals surface area contributed by atoms with Crippen molar-refractivity contribution in [3.8, 4) is 0 Å². The maximum absolute atomic E-state index is 11.7. The van der Waals surface area contributed by atoms with E-state index < -0.39 is 0 Å². The van der Waals surface area contributed by atoms with E-state index in [-0.39, 0.29) is 11.9 Å². The second-order valence-corrected chi connectivity index (χ2v) is 5.05. The summed E-state index contributed by atoms with van der Waals surface area (Å²) in [5.41, 5.74) is 5.97. The lowest BCUT2D eigenvalue weighted by Gasteiger charge is -2.20. The third-order valence-electron chi connectivity index (χ3n) is 2.93. The van der Waals surface area contributed by atoms with Crippen LogP contribution in [0.3, 0.4) is 0 Å². The molecule has 0 aliphatic rings. The van der Waals surface area contributed by atoms with Gasteiger partial charge in [-0.25, -0.2) is 9.97 Å². The van der Waals surface area contributed by atoms with Crippen LogP contribution >= 0.6 is 0 Å². The topological polar surface area (TPSA) is 84.1 Å². The van der Waals surface area contributed by atoms with E-state index in [9.17, 15) is 4.79 Å². The summed E-state index contributed by atoms with van der Waals surface area (Å²) < 4.78 is 0. The monoisotopic (exact) mass is 265 g/mol. The van der Waals surface area contributed by atoms with E-state index in [1.54, 1.807) is 18.5 Å². The first-order valence-corrected chi connectivity index (χ1v) is 6.50. The zero-order valence-electron chi connectivity index (χ0n) is 11.8. The quantitative estimate of drug-likeness (QED) is 0.759. The second-order valence-electron chi connectivity index (χ2n) is 5.05. The predicted octanol–water partition coefficient (Wildman–Crippen LogP) is 0.720. The van der Waals surface area contributed by atoms with Crippen molar-refractivity contribution in [1.82, 2.24) is 14.9 Å². The summed E-state index contributed by atoms with van der Waals surface area (Å²) in [7, 11) is 1.90. The predicted molar refractivity (Wildman–Crippen MR) is 75.6 cm³/mol. The largest absolute Gasteiger partial charge is 0.327 e. The number of nitrogens with two attached hydrogens (primary N) is 1. The molecule has 1 aromatic heterocycles. The van der Waals surface area contributed by atoms with Gasteiger partial charge in [0.15, 0.2) is 0 Å². The van der Waals surface area contributed by atoms with Crippen molar-refractivity contribution in [2.45, 2.75) is 26.3 Å². The lowest BCUT2D eigenvalue weighted by molar-refractivity contribution is -0.117. The molecule has 0 aromatic carbocycles. The van der Waals surface area contributed by atoms with Crippen molar-refractivity contribution in [2.75, 3.05) is 25.5 Å². The van der Waals surface area contributed by atoms with Gasteiger partial charge in [-0.15, -0.1) is 0 Å². The van der Waals surface area contributed by atoms with Crippen LogP contribution in [0.1, 0.15) is 20.3 Å². The van der Waals surface area contributed by atoms with Crippen molar-refractivity contribution in [3.05, 3.63) is 18.5 Å². The minimum Gasteiger partial charge on any atom is -0.327 e. The fourth-order valence-corrected chi connectivity index (χ4v) is 1.55. The molecule has 1 aromatic rings. The zero-order valence-corrected chi connectivity index (χ0v) is 11.8. The van der Waals surface area contributed by atoms with Crippen LogP contribution < -0.4 is 11.1 Å². The highest BCUT2D eigenvalue weighted by Gasteiger charge is 2.11. The van der Waals surface area contributed by atoms with Crippen molar-refractivity contribution >= 4 is 11.9 Å². The van der Waals surface area contributed by atoms with Crippen LogP contribution in [-0.4, -0.2) is 47.0 Å². The van der Waals surface area contributed by atoms with Crippen molar-refractivity contribution in [3.63, 3.8) is 0 Å². The molecule has 0 fully saturated rings. The number of amides is 1. The van der Waals surface area contributed by atoms with Crippen LogP contribution in [0.2, 0.25) is 0 Å². The molecule has 0 saturated carbocycles. The smallest absolute Gasteiger partial charge is 0.240 e. The van der Waals surface area contributed by atoms with Crippen LogP contribution in [-0.2, 0) is 4.79 Å². The molecule has 0 aliphatic carbocycles. The van der Waals surface area contributed by atoms with Crippen LogP contribution in [0, 0.1) is 5.92 Å². The highest BCUT2D eigenvalue weighted by Crippen LogP contribution is 2.03. The van der Waals surface area contributed by atoms with Crippen LogP contribution in [0.25, 0.3) is 0 Å². The van der Waals surface area contributed by atoms with E-state index in [2.05, 4.69) is 29.1 Å². The summed E-state index contributed by atoms with van der Waals surface area (Å²) in [5, 5.41) is 2.65. The molecule has 0 radical (unpaired) electrons. The van der Waals surface area contributed by atoms with Crippen molar-refractivity contribution in [2.24, 2.45) is 11.7 Å². The summed E-state index contributed by atoms with van der Waals surface area (Å²) >= 11 is 0. The minimum atomic E-state index is -0.119. The number of hydrogen-bond acceptors (Lipinski definition) is 5. The maximum atomic E-state index is 11.7. The number of rotatable bonds is 7. The summed E-state index contributed by atoms with van der Waals surface area (Å²) in [6, 6.07) is 1.87. The molecule has 1 amide bonds. The van der Waals surface area contributed by atoms with E-state index >= 15 is 0 Å². The number of hydrogen-bond donors (Lipinski definition) is 2. The van der Waals surface area contributed by atoms with Crippen molar-refractivity contribution in [1.29, 1.82) is 0 Å². The Bertz CT molecular complexity index is 382. The maximum Gasteiger partial charge on any atom is 0.240 e. The van der Waals surface area contributed by atoms with E-state index in [4.69, 9.17) is 5.73 Å². The highest BCUT2D eigenvalue weighted by atomic mass is 16.2. The SMILES string of the molecule is CC(C)C(N)CCN(C)CC(=O)Nc1ncccn1. The number of anilines is 1. The molecule has 0 bridgehead atoms. The standard InChI is InChI=1S/C13H23N5O/c1-10(2)11(14)5-8-18(3)9-12(19)17-13-15-6-4-7-16-13/h4,6-7,10-11H,5,8-9,14H2,1-3H3,(H,15,16,17,19). The van der Waals surface area contributed by atoms with Gasteiger partial charge in [-0.2, -0.15) is 0 Å². The average Bonchev–Trinajstić information content (AvgIpc) is 2.36. The normalized spacial score (nSPS) is 12.7. The van der Waals surface area contributed by atoms with Gasteiger partial charge in [0.05, 0.1) is 6.54 Å². The van der Waals surface area contributed by atoms with Gasteiger partial charge in [-0.05, 0) is 32.0 Å². The molecule has 0 aliphatic heterocycles. The number of nitrogens with zero attached hydrogens (tertiary/aromatic N) is 3. The first kappa shape index (κ1) is 15.5. The number of carbonyl (C=O) groups excluding carboxylic acids is 1. The Kier molecular flexibility index (Phi) is 6.38. The molecule has 106 valence electrons. The van der Waals surface area contributed by atoms with E-state index in [0.717, 1.165) is 13.0 Å². The van der Waals surface area contributed by atoms with Gasteiger partial charge in [0, 0.05) is 18.4 Å². The Labute approximate surface area is 114 Å². The Morgan fingerprint density at radius 3 is 2.63 bits per heavy atom. The Balaban J connectivity index is 2.28. The number of nitrogens with one attached hydrogen (secondary N) is 1. The molecule has 6 heteroatoms. The molecule has 1 rings (SSSR count). The molecule has 1 heterocycles. The summed E-state index contributed by atoms with van der Waals surface area (Å²) in [6.07, 6.45) is 4.06. The number of likely N-dealkylation sites (N-methyl/N-ethyl adjacent to an activating group) is 1. The first-order valence-electron chi connectivity index (χ1n) is 6.50. The molecule has 6 nitrogen and oxygen atoms in total. The molecule has 1 atom stereocenters. The Morgan fingerprint density at radius 1 is 1.42 bits per heavy atom. The molecule has 0 saturated heterocycles. The second kappa shape index (κ2) is 7.81. The number of carbonyl (C=O) groups is 1. The van der Waals surface area contributed by atoms with Gasteiger partial charge in [0.1, 0.15) is 0 Å². The first-order chi connectivity index (χ1) is 8.99. The number of aromatic nitrogens is 2. The van der Waals surface area contributed by atoms with Crippen LogP contribution in [0.4, 0.5) is 5.95 Å². The Morgan fingerprint density at radius 2 is 2.05 bits per heavy atom. The van der Waals surface area contributed by atoms with Gasteiger partial charge >= 0.3 is 0 Å².